The van der Waals surface area contributed by atoms with Crippen LogP contribution >= 0.6 is 22.9 Å². The Bertz CT molecular complexity index is 1380. The molecule has 1 amide bonds. The SMILES string of the molecule is O=C(Nc1ccc(-c2nc3ccccc3s2)c(Cl)c1)c1ccc(OCc2ccccc2)cc1. The van der Waals surface area contributed by atoms with Gasteiger partial charge in [-0.05, 0) is 60.2 Å². The quantitative estimate of drug-likeness (QED) is 0.280. The van der Waals surface area contributed by atoms with Crippen LogP contribution in [0.25, 0.3) is 20.8 Å². The van der Waals surface area contributed by atoms with E-state index in [-0.39, 0.29) is 5.91 Å². The van der Waals surface area contributed by atoms with Gasteiger partial charge in [0.1, 0.15) is 17.4 Å². The number of thiazole rings is 1. The van der Waals surface area contributed by atoms with E-state index in [2.05, 4.69) is 10.3 Å². The number of ether oxygens (including phenoxy) is 1. The number of hydrogen-bond acceptors (Lipinski definition) is 4. The molecule has 33 heavy (non-hydrogen) atoms. The number of para-hydroxylation sites is 1. The summed E-state index contributed by atoms with van der Waals surface area (Å²) in [7, 11) is 0. The standard InChI is InChI=1S/C27H19ClN2O2S/c28-23-16-20(12-15-22(23)27-30-24-8-4-5-9-25(24)33-27)29-26(31)19-10-13-21(14-11-19)32-17-18-6-2-1-3-7-18/h1-16H,17H2,(H,29,31). The Kier molecular flexibility index (Phi) is 6.07. The highest BCUT2D eigenvalue weighted by Gasteiger charge is 2.12. The lowest BCUT2D eigenvalue weighted by Crippen LogP contribution is -2.11. The third-order valence-electron chi connectivity index (χ3n) is 5.12. The van der Waals surface area contributed by atoms with Gasteiger partial charge in [-0.2, -0.15) is 0 Å². The van der Waals surface area contributed by atoms with Crippen molar-refractivity contribution in [3.8, 4) is 16.3 Å². The topological polar surface area (TPSA) is 51.2 Å². The number of fused-ring (bicyclic) bond motifs is 1. The van der Waals surface area contributed by atoms with Gasteiger partial charge < -0.3 is 10.1 Å². The molecular weight excluding hydrogens is 452 g/mol. The molecule has 0 bridgehead atoms. The zero-order valence-electron chi connectivity index (χ0n) is 17.5. The molecule has 0 saturated heterocycles. The Morgan fingerprint density at radius 2 is 1.67 bits per heavy atom. The molecule has 5 rings (SSSR count). The molecule has 0 unspecified atom stereocenters. The first-order valence-electron chi connectivity index (χ1n) is 10.4. The average Bonchev–Trinajstić information content (AvgIpc) is 3.28. The Morgan fingerprint density at radius 1 is 0.909 bits per heavy atom. The maximum atomic E-state index is 12.7. The van der Waals surface area contributed by atoms with Crippen LogP contribution in [0.3, 0.4) is 0 Å². The third-order valence-corrected chi connectivity index (χ3v) is 6.50. The van der Waals surface area contributed by atoms with Crippen molar-refractivity contribution >= 4 is 44.7 Å². The van der Waals surface area contributed by atoms with Gasteiger partial charge in [0, 0.05) is 16.8 Å². The van der Waals surface area contributed by atoms with Crippen molar-refractivity contribution < 1.29 is 9.53 Å². The van der Waals surface area contributed by atoms with Gasteiger partial charge in [0.2, 0.25) is 0 Å². The van der Waals surface area contributed by atoms with Crippen LogP contribution in [-0.2, 0) is 6.61 Å². The van der Waals surface area contributed by atoms with Gasteiger partial charge in [0.15, 0.2) is 0 Å². The minimum absolute atomic E-state index is 0.214. The van der Waals surface area contributed by atoms with Crippen molar-refractivity contribution in [1.82, 2.24) is 4.98 Å². The molecule has 1 N–H and O–H groups in total. The number of amides is 1. The second-order valence-corrected chi connectivity index (χ2v) is 8.87. The summed E-state index contributed by atoms with van der Waals surface area (Å²) in [4.78, 5) is 17.3. The molecule has 1 heterocycles. The highest BCUT2D eigenvalue weighted by atomic mass is 35.5. The van der Waals surface area contributed by atoms with E-state index in [1.54, 1.807) is 41.7 Å². The minimum atomic E-state index is -0.214. The predicted molar refractivity (Wildman–Crippen MR) is 135 cm³/mol. The van der Waals surface area contributed by atoms with Crippen molar-refractivity contribution in [3.63, 3.8) is 0 Å². The molecule has 0 spiro atoms. The first-order valence-corrected chi connectivity index (χ1v) is 11.6. The number of carbonyl (C=O) groups excluding carboxylic acids is 1. The van der Waals surface area contributed by atoms with Crippen LogP contribution in [0.15, 0.2) is 97.1 Å². The van der Waals surface area contributed by atoms with Gasteiger partial charge >= 0.3 is 0 Å². The van der Waals surface area contributed by atoms with E-state index in [1.807, 2.05) is 66.7 Å². The van der Waals surface area contributed by atoms with E-state index in [0.717, 1.165) is 26.4 Å². The van der Waals surface area contributed by atoms with Crippen LogP contribution in [-0.4, -0.2) is 10.9 Å². The van der Waals surface area contributed by atoms with E-state index in [1.165, 1.54) is 0 Å². The van der Waals surface area contributed by atoms with Crippen LogP contribution in [0.1, 0.15) is 15.9 Å². The molecule has 0 fully saturated rings. The zero-order valence-corrected chi connectivity index (χ0v) is 19.1. The second kappa shape index (κ2) is 9.45. The first-order chi connectivity index (χ1) is 16.2. The van der Waals surface area contributed by atoms with Gasteiger partial charge in [0.25, 0.3) is 5.91 Å². The summed E-state index contributed by atoms with van der Waals surface area (Å²) in [6, 6.07) is 30.5. The fourth-order valence-electron chi connectivity index (χ4n) is 3.40. The van der Waals surface area contributed by atoms with Gasteiger partial charge in [0.05, 0.1) is 15.2 Å². The fourth-order valence-corrected chi connectivity index (χ4v) is 4.73. The normalized spacial score (nSPS) is 10.8. The number of nitrogens with zero attached hydrogens (tertiary/aromatic N) is 1. The first kappa shape index (κ1) is 21.2. The molecule has 0 saturated carbocycles. The van der Waals surface area contributed by atoms with E-state index >= 15 is 0 Å². The van der Waals surface area contributed by atoms with Crippen LogP contribution in [0, 0.1) is 0 Å². The van der Waals surface area contributed by atoms with Crippen molar-refractivity contribution in [2.24, 2.45) is 0 Å². The fraction of sp³-hybridized carbons (Fsp3) is 0.0370. The number of aromatic nitrogens is 1. The van der Waals surface area contributed by atoms with Crippen molar-refractivity contribution in [2.45, 2.75) is 6.61 Å². The van der Waals surface area contributed by atoms with Crippen molar-refractivity contribution in [2.75, 3.05) is 5.32 Å². The molecule has 4 nitrogen and oxygen atoms in total. The lowest BCUT2D eigenvalue weighted by molar-refractivity contribution is 0.102. The zero-order chi connectivity index (χ0) is 22.6. The molecular formula is C27H19ClN2O2S. The van der Waals surface area contributed by atoms with Crippen LogP contribution < -0.4 is 10.1 Å². The minimum Gasteiger partial charge on any atom is -0.489 e. The largest absolute Gasteiger partial charge is 0.489 e. The van der Waals surface area contributed by atoms with Gasteiger partial charge in [-0.15, -0.1) is 11.3 Å². The molecule has 0 aliphatic rings. The number of anilines is 1. The Hall–Kier alpha value is -3.67. The molecule has 162 valence electrons. The van der Waals surface area contributed by atoms with Crippen molar-refractivity contribution in [3.05, 3.63) is 113 Å². The van der Waals surface area contributed by atoms with E-state index < -0.39 is 0 Å². The number of benzene rings is 4. The Balaban J connectivity index is 1.25. The van der Waals surface area contributed by atoms with Gasteiger partial charge in [-0.1, -0.05) is 54.1 Å². The lowest BCUT2D eigenvalue weighted by Gasteiger charge is -2.09. The molecule has 0 atom stereocenters. The number of nitrogens with one attached hydrogen (secondary N) is 1. The number of hydrogen-bond donors (Lipinski definition) is 1. The predicted octanol–water partition coefficient (Wildman–Crippen LogP) is 7.45. The average molecular weight is 471 g/mol. The Morgan fingerprint density at radius 3 is 2.42 bits per heavy atom. The maximum absolute atomic E-state index is 12.7. The van der Waals surface area contributed by atoms with Gasteiger partial charge in [-0.3, -0.25) is 4.79 Å². The number of rotatable bonds is 6. The Labute approximate surface area is 200 Å². The number of halogens is 1. The highest BCUT2D eigenvalue weighted by molar-refractivity contribution is 7.21. The van der Waals surface area contributed by atoms with Crippen LogP contribution in [0.4, 0.5) is 5.69 Å². The maximum Gasteiger partial charge on any atom is 0.255 e. The summed E-state index contributed by atoms with van der Waals surface area (Å²) >= 11 is 8.12. The molecule has 6 heteroatoms. The molecule has 1 aromatic heterocycles. The van der Waals surface area contributed by atoms with E-state index in [9.17, 15) is 4.79 Å². The summed E-state index contributed by atoms with van der Waals surface area (Å²) < 4.78 is 6.89. The molecule has 0 aliphatic carbocycles. The summed E-state index contributed by atoms with van der Waals surface area (Å²) in [5, 5.41) is 4.29. The van der Waals surface area contributed by atoms with E-state index in [4.69, 9.17) is 16.3 Å². The number of carbonyl (C=O) groups is 1. The highest BCUT2D eigenvalue weighted by Crippen LogP contribution is 2.35. The van der Waals surface area contributed by atoms with Crippen molar-refractivity contribution in [1.29, 1.82) is 0 Å². The van der Waals surface area contributed by atoms with Gasteiger partial charge in [-0.25, -0.2) is 4.98 Å². The van der Waals surface area contributed by atoms with E-state index in [0.29, 0.717) is 28.6 Å². The smallest absolute Gasteiger partial charge is 0.255 e. The monoisotopic (exact) mass is 470 g/mol. The molecule has 0 radical (unpaired) electrons. The summed E-state index contributed by atoms with van der Waals surface area (Å²) in [5.41, 5.74) is 4.04. The van der Waals surface area contributed by atoms with Crippen LogP contribution in [0.2, 0.25) is 5.02 Å². The second-order valence-electron chi connectivity index (χ2n) is 7.43. The summed E-state index contributed by atoms with van der Waals surface area (Å²) in [5.74, 6) is 0.493. The lowest BCUT2D eigenvalue weighted by atomic mass is 10.1. The molecule has 0 aliphatic heterocycles. The summed E-state index contributed by atoms with van der Waals surface area (Å²) in [6.45, 7) is 0.478. The third kappa shape index (κ3) is 4.90. The molecule has 5 aromatic rings. The van der Waals surface area contributed by atoms with Crippen LogP contribution in [0.5, 0.6) is 5.75 Å². The summed E-state index contributed by atoms with van der Waals surface area (Å²) in [6.07, 6.45) is 0. The molecule has 4 aromatic carbocycles.